The second-order valence-corrected chi connectivity index (χ2v) is 3.71. The maximum absolute atomic E-state index is 12.1. The van der Waals surface area contributed by atoms with Crippen molar-refractivity contribution in [1.82, 2.24) is 9.78 Å². The van der Waals surface area contributed by atoms with Crippen molar-refractivity contribution in [3.05, 3.63) is 11.8 Å². The largest absolute Gasteiger partial charge is 0.435 e. The van der Waals surface area contributed by atoms with Gasteiger partial charge in [-0.15, -0.1) is 11.8 Å². The van der Waals surface area contributed by atoms with E-state index in [0.29, 0.717) is 5.03 Å². The van der Waals surface area contributed by atoms with Crippen molar-refractivity contribution in [2.45, 2.75) is 18.1 Å². The third kappa shape index (κ3) is 2.40. The number of aromatic nitrogens is 2. The number of aryl methyl sites for hydroxylation is 1. The average molecular weight is 210 g/mol. The van der Waals surface area contributed by atoms with Gasteiger partial charge in [-0.3, -0.25) is 4.68 Å². The third-order valence-electron chi connectivity index (χ3n) is 1.42. The molecule has 0 N–H and O–H groups in total. The van der Waals surface area contributed by atoms with Crippen LogP contribution in [0.25, 0.3) is 0 Å². The van der Waals surface area contributed by atoms with Gasteiger partial charge >= 0.3 is 6.18 Å². The number of hydrogen-bond acceptors (Lipinski definition) is 2. The van der Waals surface area contributed by atoms with Crippen molar-refractivity contribution < 1.29 is 13.2 Å². The lowest BCUT2D eigenvalue weighted by molar-refractivity contribution is -0.141. The summed E-state index contributed by atoms with van der Waals surface area (Å²) in [4.78, 5) is 0. The van der Waals surface area contributed by atoms with E-state index in [0.717, 1.165) is 11.8 Å². The van der Waals surface area contributed by atoms with Crippen LogP contribution >= 0.6 is 11.8 Å². The van der Waals surface area contributed by atoms with Crippen LogP contribution in [0.3, 0.4) is 0 Å². The Bertz CT molecular complexity index is 292. The molecule has 0 radical (unpaired) electrons. The molecular weight excluding hydrogens is 201 g/mol. The minimum Gasteiger partial charge on any atom is -0.262 e. The highest BCUT2D eigenvalue weighted by Gasteiger charge is 2.34. The Morgan fingerprint density at radius 1 is 1.54 bits per heavy atom. The fourth-order valence-electron chi connectivity index (χ4n) is 0.872. The molecule has 6 heteroatoms. The van der Waals surface area contributed by atoms with Crippen molar-refractivity contribution in [3.63, 3.8) is 0 Å². The lowest BCUT2D eigenvalue weighted by Crippen LogP contribution is -2.06. The number of hydrogen-bond donors (Lipinski definition) is 0. The molecule has 0 saturated carbocycles. The first-order valence-corrected chi connectivity index (χ1v) is 4.67. The summed E-state index contributed by atoms with van der Waals surface area (Å²) in [5, 5.41) is 3.91. The van der Waals surface area contributed by atoms with E-state index in [9.17, 15) is 13.2 Å². The first kappa shape index (κ1) is 10.4. The van der Waals surface area contributed by atoms with E-state index in [2.05, 4.69) is 5.10 Å². The summed E-state index contributed by atoms with van der Waals surface area (Å²) >= 11 is 1.34. The fourth-order valence-corrected chi connectivity index (χ4v) is 1.59. The van der Waals surface area contributed by atoms with Gasteiger partial charge in [0.15, 0.2) is 5.69 Å². The average Bonchev–Trinajstić information content (AvgIpc) is 2.32. The van der Waals surface area contributed by atoms with Crippen LogP contribution in [0.4, 0.5) is 13.2 Å². The van der Waals surface area contributed by atoms with Gasteiger partial charge in [0.2, 0.25) is 0 Å². The minimum atomic E-state index is -4.34. The van der Waals surface area contributed by atoms with Gasteiger partial charge in [-0.2, -0.15) is 18.3 Å². The second kappa shape index (κ2) is 3.61. The van der Waals surface area contributed by atoms with E-state index in [1.807, 2.05) is 6.92 Å². The van der Waals surface area contributed by atoms with Gasteiger partial charge in [0.05, 0.1) is 5.03 Å². The van der Waals surface area contributed by atoms with Gasteiger partial charge in [-0.05, 0) is 5.75 Å². The van der Waals surface area contributed by atoms with Crippen molar-refractivity contribution in [2.75, 3.05) is 5.75 Å². The maximum atomic E-state index is 12.1. The molecule has 0 fully saturated rings. The molecule has 0 atom stereocenters. The molecule has 74 valence electrons. The molecule has 0 amide bonds. The first-order chi connectivity index (χ1) is 5.95. The molecule has 0 bridgehead atoms. The van der Waals surface area contributed by atoms with E-state index < -0.39 is 11.9 Å². The monoisotopic (exact) mass is 210 g/mol. The highest BCUT2D eigenvalue weighted by atomic mass is 32.2. The topological polar surface area (TPSA) is 17.8 Å². The van der Waals surface area contributed by atoms with Crippen LogP contribution in [0.2, 0.25) is 0 Å². The molecule has 1 aromatic heterocycles. The van der Waals surface area contributed by atoms with Crippen LogP contribution in [0.5, 0.6) is 0 Å². The molecule has 0 saturated heterocycles. The van der Waals surface area contributed by atoms with Gasteiger partial charge < -0.3 is 0 Å². The van der Waals surface area contributed by atoms with Gasteiger partial charge in [-0.1, -0.05) is 6.92 Å². The van der Waals surface area contributed by atoms with Crippen LogP contribution in [-0.2, 0) is 13.2 Å². The number of nitrogens with zero attached hydrogens (tertiary/aromatic N) is 2. The molecule has 13 heavy (non-hydrogen) atoms. The van der Waals surface area contributed by atoms with E-state index >= 15 is 0 Å². The number of halogens is 3. The zero-order valence-electron chi connectivity index (χ0n) is 7.22. The molecule has 1 rings (SSSR count). The first-order valence-electron chi connectivity index (χ1n) is 3.69. The standard InChI is InChI=1S/C7H9F3N2S/c1-3-13-6-4-5(7(8,9)10)11-12(6)2/h4H,3H2,1-2H3. The van der Waals surface area contributed by atoms with Crippen LogP contribution in [0.15, 0.2) is 11.1 Å². The van der Waals surface area contributed by atoms with Crippen molar-refractivity contribution in [3.8, 4) is 0 Å². The molecule has 0 aliphatic heterocycles. The normalized spacial score (nSPS) is 12.1. The summed E-state index contributed by atoms with van der Waals surface area (Å²) in [6.45, 7) is 1.88. The third-order valence-corrected chi connectivity index (χ3v) is 2.39. The van der Waals surface area contributed by atoms with E-state index in [1.54, 1.807) is 0 Å². The van der Waals surface area contributed by atoms with Gasteiger partial charge in [-0.25, -0.2) is 0 Å². The Morgan fingerprint density at radius 2 is 2.15 bits per heavy atom. The Kier molecular flexibility index (Phi) is 2.90. The predicted octanol–water partition coefficient (Wildman–Crippen LogP) is 2.55. The molecule has 2 nitrogen and oxygen atoms in total. The zero-order valence-corrected chi connectivity index (χ0v) is 8.04. The number of rotatable bonds is 2. The summed E-state index contributed by atoms with van der Waals surface area (Å²) in [7, 11) is 1.51. The van der Waals surface area contributed by atoms with E-state index in [4.69, 9.17) is 0 Å². The quantitative estimate of drug-likeness (QED) is 0.698. The van der Waals surface area contributed by atoms with Crippen LogP contribution in [0, 0.1) is 0 Å². The fraction of sp³-hybridized carbons (Fsp3) is 0.571. The lowest BCUT2D eigenvalue weighted by atomic mass is 10.4. The molecular formula is C7H9F3N2S. The molecule has 0 unspecified atom stereocenters. The summed E-state index contributed by atoms with van der Waals surface area (Å²) in [6.07, 6.45) is -4.34. The Labute approximate surface area is 78.1 Å². The Hall–Kier alpha value is -0.650. The summed E-state index contributed by atoms with van der Waals surface area (Å²) in [5.74, 6) is 0.733. The zero-order chi connectivity index (χ0) is 10.1. The predicted molar refractivity (Wildman–Crippen MR) is 44.6 cm³/mol. The molecule has 0 aliphatic carbocycles. The van der Waals surface area contributed by atoms with Gasteiger partial charge in [0.25, 0.3) is 0 Å². The Morgan fingerprint density at radius 3 is 2.54 bits per heavy atom. The lowest BCUT2D eigenvalue weighted by Gasteiger charge is -1.98. The molecule has 0 spiro atoms. The molecule has 1 heterocycles. The SMILES string of the molecule is CCSc1cc(C(F)(F)F)nn1C. The summed E-state index contributed by atoms with van der Waals surface area (Å²) in [5.41, 5.74) is -0.828. The van der Waals surface area contributed by atoms with Crippen molar-refractivity contribution in [1.29, 1.82) is 0 Å². The van der Waals surface area contributed by atoms with Gasteiger partial charge in [0.1, 0.15) is 0 Å². The van der Waals surface area contributed by atoms with E-state index in [-0.39, 0.29) is 0 Å². The molecule has 1 aromatic rings. The number of alkyl halides is 3. The van der Waals surface area contributed by atoms with E-state index in [1.165, 1.54) is 23.5 Å². The van der Waals surface area contributed by atoms with Crippen LogP contribution in [0.1, 0.15) is 12.6 Å². The number of thioether (sulfide) groups is 1. The summed E-state index contributed by atoms with van der Waals surface area (Å²) in [6, 6.07) is 1.06. The van der Waals surface area contributed by atoms with Crippen LogP contribution in [-0.4, -0.2) is 15.5 Å². The maximum Gasteiger partial charge on any atom is 0.435 e. The van der Waals surface area contributed by atoms with Crippen molar-refractivity contribution in [2.24, 2.45) is 7.05 Å². The summed E-state index contributed by atoms with van der Waals surface area (Å²) < 4.78 is 37.7. The highest BCUT2D eigenvalue weighted by Crippen LogP contribution is 2.30. The van der Waals surface area contributed by atoms with Crippen molar-refractivity contribution >= 4 is 11.8 Å². The Balaban J connectivity index is 2.95. The van der Waals surface area contributed by atoms with Crippen LogP contribution < -0.4 is 0 Å². The minimum absolute atomic E-state index is 0.537. The highest BCUT2D eigenvalue weighted by molar-refractivity contribution is 7.99. The second-order valence-electron chi connectivity index (χ2n) is 2.42. The smallest absolute Gasteiger partial charge is 0.262 e. The molecule has 0 aliphatic rings. The molecule has 0 aromatic carbocycles. The van der Waals surface area contributed by atoms with Gasteiger partial charge in [0, 0.05) is 13.1 Å².